The number of nitriles is 1. The summed E-state index contributed by atoms with van der Waals surface area (Å²) in [5, 5.41) is 8.90. The molecular formula is C12H15NO2. The number of hydrogen-bond acceptors (Lipinski definition) is 3. The van der Waals surface area contributed by atoms with Crippen molar-refractivity contribution >= 4 is 5.78 Å². The summed E-state index contributed by atoms with van der Waals surface area (Å²) in [4.78, 5) is 11.8. The molecule has 15 heavy (non-hydrogen) atoms. The molecule has 0 saturated heterocycles. The number of nitrogens with zero attached hydrogens (tertiary/aromatic N) is 1. The van der Waals surface area contributed by atoms with Crippen LogP contribution in [0.15, 0.2) is 16.5 Å². The van der Waals surface area contributed by atoms with Crippen molar-refractivity contribution in [3.05, 3.63) is 23.7 Å². The first-order valence-corrected chi connectivity index (χ1v) is 5.05. The lowest BCUT2D eigenvalue weighted by atomic mass is 9.93. The van der Waals surface area contributed by atoms with Crippen molar-refractivity contribution < 1.29 is 9.21 Å². The lowest BCUT2D eigenvalue weighted by molar-refractivity contribution is 0.0907. The molecule has 0 bridgehead atoms. The van der Waals surface area contributed by atoms with Crippen molar-refractivity contribution in [3.8, 4) is 6.07 Å². The highest BCUT2D eigenvalue weighted by Crippen LogP contribution is 2.18. The Morgan fingerprint density at radius 2 is 2.20 bits per heavy atom. The molecule has 1 rings (SSSR count). The monoisotopic (exact) mass is 205 g/mol. The molecule has 3 nitrogen and oxygen atoms in total. The molecule has 1 unspecified atom stereocenters. The molecule has 0 radical (unpaired) electrons. The number of carbonyl (C=O) groups excluding carboxylic acids is 1. The first-order valence-electron chi connectivity index (χ1n) is 5.05. The maximum absolute atomic E-state index is 11.8. The Hall–Kier alpha value is -1.56. The summed E-state index contributed by atoms with van der Waals surface area (Å²) < 4.78 is 5.21. The molecule has 1 aromatic heterocycles. The number of furan rings is 1. The number of ketones is 1. The van der Waals surface area contributed by atoms with Crippen LogP contribution in [0.25, 0.3) is 0 Å². The fraction of sp³-hybridized carbons (Fsp3) is 0.500. The molecule has 0 saturated carbocycles. The van der Waals surface area contributed by atoms with E-state index in [0.717, 1.165) is 0 Å². The fourth-order valence-electron chi connectivity index (χ4n) is 1.43. The summed E-state index contributed by atoms with van der Waals surface area (Å²) >= 11 is 0. The Labute approximate surface area is 89.7 Å². The molecule has 0 aliphatic heterocycles. The van der Waals surface area contributed by atoms with Gasteiger partial charge in [-0.3, -0.25) is 4.79 Å². The van der Waals surface area contributed by atoms with Gasteiger partial charge in [-0.2, -0.15) is 5.26 Å². The third kappa shape index (κ3) is 2.95. The van der Waals surface area contributed by atoms with Crippen LogP contribution in [0.3, 0.4) is 0 Å². The van der Waals surface area contributed by atoms with Crippen LogP contribution in [0.2, 0.25) is 0 Å². The van der Waals surface area contributed by atoms with Gasteiger partial charge in [0, 0.05) is 0 Å². The van der Waals surface area contributed by atoms with E-state index in [1.807, 2.05) is 19.9 Å². The Morgan fingerprint density at radius 1 is 1.53 bits per heavy atom. The van der Waals surface area contributed by atoms with Crippen LogP contribution in [0.1, 0.15) is 36.6 Å². The average Bonchev–Trinajstić information content (AvgIpc) is 2.60. The van der Waals surface area contributed by atoms with Crippen molar-refractivity contribution in [2.75, 3.05) is 0 Å². The minimum absolute atomic E-state index is 0.209. The fourth-order valence-corrected chi connectivity index (χ4v) is 1.43. The molecule has 0 amide bonds. The van der Waals surface area contributed by atoms with Crippen molar-refractivity contribution in [1.82, 2.24) is 0 Å². The molecule has 1 aromatic rings. The third-order valence-corrected chi connectivity index (χ3v) is 2.16. The number of rotatable bonds is 4. The van der Waals surface area contributed by atoms with Gasteiger partial charge in [-0.05, 0) is 31.4 Å². The zero-order valence-corrected chi connectivity index (χ0v) is 9.28. The predicted octanol–water partition coefficient (Wildman–Crippen LogP) is 2.96. The molecule has 80 valence electrons. The highest BCUT2D eigenvalue weighted by molar-refractivity contribution is 5.96. The summed E-state index contributed by atoms with van der Waals surface area (Å²) in [7, 11) is 0. The molecule has 1 atom stereocenters. The SMILES string of the molecule is Cc1ccc(C(=O)C(C#N)CC(C)C)o1. The summed E-state index contributed by atoms with van der Waals surface area (Å²) in [5.74, 6) is 0.517. The van der Waals surface area contributed by atoms with Crippen molar-refractivity contribution in [3.63, 3.8) is 0 Å². The summed E-state index contributed by atoms with van der Waals surface area (Å²) in [5.41, 5.74) is 0. The lowest BCUT2D eigenvalue weighted by Crippen LogP contribution is -2.14. The van der Waals surface area contributed by atoms with Gasteiger partial charge in [-0.15, -0.1) is 0 Å². The molecule has 0 spiro atoms. The largest absolute Gasteiger partial charge is 0.458 e. The number of hydrogen-bond donors (Lipinski definition) is 0. The van der Waals surface area contributed by atoms with Crippen LogP contribution in [-0.4, -0.2) is 5.78 Å². The molecular weight excluding hydrogens is 190 g/mol. The molecule has 0 aromatic carbocycles. The zero-order chi connectivity index (χ0) is 11.4. The topological polar surface area (TPSA) is 54.0 Å². The first kappa shape index (κ1) is 11.5. The molecule has 0 aliphatic rings. The Kier molecular flexibility index (Phi) is 3.68. The number of carbonyl (C=O) groups is 1. The average molecular weight is 205 g/mol. The van der Waals surface area contributed by atoms with Crippen LogP contribution in [0.4, 0.5) is 0 Å². The van der Waals surface area contributed by atoms with Gasteiger partial charge in [-0.25, -0.2) is 0 Å². The minimum Gasteiger partial charge on any atom is -0.458 e. The third-order valence-electron chi connectivity index (χ3n) is 2.16. The predicted molar refractivity (Wildman–Crippen MR) is 56.3 cm³/mol. The lowest BCUT2D eigenvalue weighted by Gasteiger charge is -2.08. The standard InChI is InChI=1S/C12H15NO2/c1-8(2)6-10(7-13)12(14)11-5-4-9(3)15-11/h4-5,8,10H,6H2,1-3H3. The Bertz CT molecular complexity index is 385. The smallest absolute Gasteiger partial charge is 0.215 e. The first-order chi connectivity index (χ1) is 7.04. The van der Waals surface area contributed by atoms with Crippen LogP contribution >= 0.6 is 0 Å². The molecule has 0 aliphatic carbocycles. The highest BCUT2D eigenvalue weighted by atomic mass is 16.3. The van der Waals surface area contributed by atoms with Crippen molar-refractivity contribution in [2.45, 2.75) is 27.2 Å². The maximum Gasteiger partial charge on any atom is 0.215 e. The van der Waals surface area contributed by atoms with E-state index in [2.05, 4.69) is 0 Å². The molecule has 0 N–H and O–H groups in total. The van der Waals surface area contributed by atoms with E-state index >= 15 is 0 Å². The minimum atomic E-state index is -0.587. The second-order valence-corrected chi connectivity index (χ2v) is 4.09. The van der Waals surface area contributed by atoms with Gasteiger partial charge in [0.15, 0.2) is 5.76 Å². The quantitative estimate of drug-likeness (QED) is 0.710. The van der Waals surface area contributed by atoms with E-state index in [1.54, 1.807) is 19.1 Å². The van der Waals surface area contributed by atoms with Crippen LogP contribution in [0.5, 0.6) is 0 Å². The van der Waals surface area contributed by atoms with Gasteiger partial charge >= 0.3 is 0 Å². The summed E-state index contributed by atoms with van der Waals surface area (Å²) in [6.07, 6.45) is 0.578. The van der Waals surface area contributed by atoms with E-state index in [-0.39, 0.29) is 5.78 Å². The summed E-state index contributed by atoms with van der Waals surface area (Å²) in [6, 6.07) is 5.39. The number of aryl methyl sites for hydroxylation is 1. The second kappa shape index (κ2) is 4.79. The number of Topliss-reactive ketones (excluding diaryl/α,β-unsaturated/α-hetero) is 1. The van der Waals surface area contributed by atoms with Gasteiger partial charge in [0.1, 0.15) is 11.7 Å². The summed E-state index contributed by atoms with van der Waals surface area (Å²) in [6.45, 7) is 5.76. The van der Waals surface area contributed by atoms with Gasteiger partial charge in [0.2, 0.25) is 5.78 Å². The normalized spacial score (nSPS) is 12.5. The molecule has 3 heteroatoms. The van der Waals surface area contributed by atoms with Gasteiger partial charge < -0.3 is 4.42 Å². The highest BCUT2D eigenvalue weighted by Gasteiger charge is 2.23. The van der Waals surface area contributed by atoms with Gasteiger partial charge in [0.25, 0.3) is 0 Å². The van der Waals surface area contributed by atoms with Crippen LogP contribution in [-0.2, 0) is 0 Å². The maximum atomic E-state index is 11.8. The van der Waals surface area contributed by atoms with Crippen molar-refractivity contribution in [1.29, 1.82) is 5.26 Å². The van der Waals surface area contributed by atoms with E-state index in [1.165, 1.54) is 0 Å². The van der Waals surface area contributed by atoms with E-state index in [9.17, 15) is 4.79 Å². The second-order valence-electron chi connectivity index (χ2n) is 4.09. The van der Waals surface area contributed by atoms with Gasteiger partial charge in [-0.1, -0.05) is 13.8 Å². The zero-order valence-electron chi connectivity index (χ0n) is 9.28. The van der Waals surface area contributed by atoms with E-state index in [0.29, 0.717) is 23.9 Å². The molecule has 1 heterocycles. The Balaban J connectivity index is 2.79. The van der Waals surface area contributed by atoms with Crippen LogP contribution < -0.4 is 0 Å². The Morgan fingerprint density at radius 3 is 2.60 bits per heavy atom. The van der Waals surface area contributed by atoms with E-state index < -0.39 is 5.92 Å². The molecule has 0 fully saturated rings. The van der Waals surface area contributed by atoms with Crippen LogP contribution in [0, 0.1) is 30.1 Å². The van der Waals surface area contributed by atoms with Crippen molar-refractivity contribution in [2.24, 2.45) is 11.8 Å². The van der Waals surface area contributed by atoms with Gasteiger partial charge in [0.05, 0.1) is 6.07 Å². The van der Waals surface area contributed by atoms with E-state index in [4.69, 9.17) is 9.68 Å².